The quantitative estimate of drug-likeness (QED) is 0.796. The van der Waals surface area contributed by atoms with Crippen LogP contribution in [0.5, 0.6) is 0 Å². The van der Waals surface area contributed by atoms with Crippen molar-refractivity contribution in [3.8, 4) is 0 Å². The van der Waals surface area contributed by atoms with E-state index in [0.29, 0.717) is 18.0 Å². The van der Waals surface area contributed by atoms with Crippen LogP contribution >= 0.6 is 0 Å². The van der Waals surface area contributed by atoms with E-state index in [-0.39, 0.29) is 18.1 Å². The number of pyridine rings is 1. The highest BCUT2D eigenvalue weighted by Crippen LogP contribution is 2.32. The largest absolute Gasteiger partial charge is 0.462 e. The molecule has 0 amide bonds. The number of nitrogens with one attached hydrogen (secondary N) is 1. The van der Waals surface area contributed by atoms with Crippen LogP contribution in [0.1, 0.15) is 43.0 Å². The number of aromatic nitrogens is 1. The van der Waals surface area contributed by atoms with Crippen molar-refractivity contribution in [3.05, 3.63) is 23.9 Å². The van der Waals surface area contributed by atoms with E-state index in [1.54, 1.807) is 19.1 Å². The molecule has 1 heterocycles. The fourth-order valence-electron chi connectivity index (χ4n) is 2.45. The SMILES string of the molecule is CCOC(=O)c1ccc(NC2(CO)CCCC2)nc1. The molecular weight excluding hydrogens is 244 g/mol. The van der Waals surface area contributed by atoms with Crippen LogP contribution < -0.4 is 5.32 Å². The molecule has 0 spiro atoms. The number of rotatable bonds is 5. The molecule has 1 aromatic heterocycles. The predicted molar refractivity (Wildman–Crippen MR) is 72.1 cm³/mol. The van der Waals surface area contributed by atoms with Crippen molar-refractivity contribution < 1.29 is 14.6 Å². The lowest BCUT2D eigenvalue weighted by Gasteiger charge is -2.28. The van der Waals surface area contributed by atoms with Crippen LogP contribution in [0.2, 0.25) is 0 Å². The van der Waals surface area contributed by atoms with Crippen molar-refractivity contribution in [2.75, 3.05) is 18.5 Å². The van der Waals surface area contributed by atoms with Crippen LogP contribution in [-0.2, 0) is 4.74 Å². The van der Waals surface area contributed by atoms with Gasteiger partial charge in [0.25, 0.3) is 0 Å². The summed E-state index contributed by atoms with van der Waals surface area (Å²) in [5.41, 5.74) is 0.190. The van der Waals surface area contributed by atoms with Gasteiger partial charge < -0.3 is 15.2 Å². The number of nitrogens with zero attached hydrogens (tertiary/aromatic N) is 1. The Morgan fingerprint density at radius 1 is 1.47 bits per heavy atom. The van der Waals surface area contributed by atoms with E-state index in [1.165, 1.54) is 6.20 Å². The first-order chi connectivity index (χ1) is 9.19. The lowest BCUT2D eigenvalue weighted by atomic mass is 9.99. The summed E-state index contributed by atoms with van der Waals surface area (Å²) in [6.07, 6.45) is 5.64. The molecule has 2 N–H and O–H groups in total. The molecule has 19 heavy (non-hydrogen) atoms. The number of aliphatic hydroxyl groups is 1. The van der Waals surface area contributed by atoms with Crippen molar-refractivity contribution in [1.82, 2.24) is 4.98 Å². The molecule has 5 heteroatoms. The second-order valence-electron chi connectivity index (χ2n) is 4.92. The molecule has 1 fully saturated rings. The molecule has 1 aliphatic rings. The Labute approximate surface area is 113 Å². The minimum atomic E-state index is -0.362. The first-order valence-corrected chi connectivity index (χ1v) is 6.71. The number of anilines is 1. The minimum absolute atomic E-state index is 0.105. The molecular formula is C14H20N2O3. The molecule has 1 saturated carbocycles. The molecule has 0 atom stereocenters. The summed E-state index contributed by atoms with van der Waals surface area (Å²) in [6.45, 7) is 2.23. The standard InChI is InChI=1S/C14H20N2O3/c1-2-19-13(18)11-5-6-12(15-9-11)16-14(10-17)7-3-4-8-14/h5-6,9,17H,2-4,7-8,10H2,1H3,(H,15,16). The number of carbonyl (C=O) groups is 1. The van der Waals surface area contributed by atoms with Crippen LogP contribution in [0.25, 0.3) is 0 Å². The van der Waals surface area contributed by atoms with Gasteiger partial charge in [0.2, 0.25) is 0 Å². The van der Waals surface area contributed by atoms with Gasteiger partial charge in [0.05, 0.1) is 24.3 Å². The lowest BCUT2D eigenvalue weighted by molar-refractivity contribution is 0.0526. The van der Waals surface area contributed by atoms with Gasteiger partial charge in [-0.2, -0.15) is 0 Å². The summed E-state index contributed by atoms with van der Waals surface area (Å²) in [7, 11) is 0. The van der Waals surface area contributed by atoms with Gasteiger partial charge >= 0.3 is 5.97 Å². The molecule has 0 aromatic carbocycles. The van der Waals surface area contributed by atoms with Crippen molar-refractivity contribution in [2.45, 2.75) is 38.1 Å². The van der Waals surface area contributed by atoms with E-state index >= 15 is 0 Å². The second-order valence-corrected chi connectivity index (χ2v) is 4.92. The Morgan fingerprint density at radius 3 is 2.74 bits per heavy atom. The summed E-state index contributed by atoms with van der Waals surface area (Å²) in [5.74, 6) is 0.322. The zero-order valence-corrected chi connectivity index (χ0v) is 11.2. The van der Waals surface area contributed by atoms with Gasteiger partial charge in [0, 0.05) is 6.20 Å². The molecule has 0 aliphatic heterocycles. The van der Waals surface area contributed by atoms with Crippen LogP contribution in [0.3, 0.4) is 0 Å². The van der Waals surface area contributed by atoms with Crippen LogP contribution in [0.15, 0.2) is 18.3 Å². The molecule has 1 aromatic rings. The monoisotopic (exact) mass is 264 g/mol. The Bertz CT molecular complexity index is 425. The molecule has 0 unspecified atom stereocenters. The molecule has 5 nitrogen and oxygen atoms in total. The van der Waals surface area contributed by atoms with Crippen molar-refractivity contribution >= 4 is 11.8 Å². The Kier molecular flexibility index (Phi) is 4.37. The number of esters is 1. The summed E-state index contributed by atoms with van der Waals surface area (Å²) in [4.78, 5) is 15.7. The van der Waals surface area contributed by atoms with Crippen LogP contribution in [0, 0.1) is 0 Å². The molecule has 104 valence electrons. The van der Waals surface area contributed by atoms with Crippen molar-refractivity contribution in [2.24, 2.45) is 0 Å². The van der Waals surface area contributed by atoms with E-state index in [0.717, 1.165) is 25.7 Å². The maximum Gasteiger partial charge on any atom is 0.339 e. The smallest absolute Gasteiger partial charge is 0.339 e. The third-order valence-electron chi connectivity index (χ3n) is 3.53. The highest BCUT2D eigenvalue weighted by molar-refractivity contribution is 5.89. The maximum atomic E-state index is 11.5. The molecule has 2 rings (SSSR count). The van der Waals surface area contributed by atoms with E-state index in [2.05, 4.69) is 10.3 Å². The maximum absolute atomic E-state index is 11.5. The highest BCUT2D eigenvalue weighted by Gasteiger charge is 2.33. The molecule has 0 saturated heterocycles. The predicted octanol–water partition coefficient (Wildman–Crippen LogP) is 1.98. The van der Waals surface area contributed by atoms with Crippen LogP contribution in [-0.4, -0.2) is 34.8 Å². The first-order valence-electron chi connectivity index (χ1n) is 6.71. The lowest BCUT2D eigenvalue weighted by Crippen LogP contribution is -2.39. The van der Waals surface area contributed by atoms with Gasteiger partial charge in [-0.05, 0) is 31.9 Å². The van der Waals surface area contributed by atoms with Gasteiger partial charge in [-0.15, -0.1) is 0 Å². The Balaban J connectivity index is 2.04. The highest BCUT2D eigenvalue weighted by atomic mass is 16.5. The first kappa shape index (κ1) is 13.8. The topological polar surface area (TPSA) is 71.5 Å². The second kappa shape index (κ2) is 6.02. The molecule has 1 aliphatic carbocycles. The fourth-order valence-corrected chi connectivity index (χ4v) is 2.45. The minimum Gasteiger partial charge on any atom is -0.462 e. The molecule has 0 radical (unpaired) electrons. The van der Waals surface area contributed by atoms with Gasteiger partial charge in [-0.25, -0.2) is 9.78 Å². The summed E-state index contributed by atoms with van der Waals surface area (Å²) in [6, 6.07) is 3.44. The number of carbonyl (C=O) groups excluding carboxylic acids is 1. The third kappa shape index (κ3) is 3.23. The van der Waals surface area contributed by atoms with Gasteiger partial charge in [-0.1, -0.05) is 12.8 Å². The number of aliphatic hydroxyl groups excluding tert-OH is 1. The van der Waals surface area contributed by atoms with E-state index in [4.69, 9.17) is 4.74 Å². The average Bonchev–Trinajstić information content (AvgIpc) is 2.89. The Morgan fingerprint density at radius 2 is 2.21 bits per heavy atom. The number of hydrogen-bond donors (Lipinski definition) is 2. The Hall–Kier alpha value is -1.62. The van der Waals surface area contributed by atoms with Gasteiger partial charge in [-0.3, -0.25) is 0 Å². The fraction of sp³-hybridized carbons (Fsp3) is 0.571. The zero-order valence-electron chi connectivity index (χ0n) is 11.2. The number of ether oxygens (including phenoxy) is 1. The van der Waals surface area contributed by atoms with E-state index in [1.807, 2.05) is 0 Å². The molecule has 0 bridgehead atoms. The van der Waals surface area contributed by atoms with Gasteiger partial charge in [0.1, 0.15) is 5.82 Å². The van der Waals surface area contributed by atoms with Crippen molar-refractivity contribution in [1.29, 1.82) is 0 Å². The summed E-state index contributed by atoms with van der Waals surface area (Å²) in [5, 5.41) is 12.8. The average molecular weight is 264 g/mol. The zero-order chi connectivity index (χ0) is 13.7. The third-order valence-corrected chi connectivity index (χ3v) is 3.53. The van der Waals surface area contributed by atoms with Gasteiger partial charge in [0.15, 0.2) is 0 Å². The van der Waals surface area contributed by atoms with Crippen LogP contribution in [0.4, 0.5) is 5.82 Å². The van der Waals surface area contributed by atoms with E-state index < -0.39 is 0 Å². The number of hydrogen-bond acceptors (Lipinski definition) is 5. The summed E-state index contributed by atoms with van der Waals surface area (Å²) < 4.78 is 4.90. The normalized spacial score (nSPS) is 17.2. The summed E-state index contributed by atoms with van der Waals surface area (Å²) >= 11 is 0. The van der Waals surface area contributed by atoms with Crippen molar-refractivity contribution in [3.63, 3.8) is 0 Å². The van der Waals surface area contributed by atoms with E-state index in [9.17, 15) is 9.90 Å².